The number of piperidine rings is 1. The van der Waals surface area contributed by atoms with Crippen molar-refractivity contribution in [1.82, 2.24) is 25.1 Å². The number of fused-ring (bicyclic) bond motifs is 1. The minimum atomic E-state index is -0.611. The van der Waals surface area contributed by atoms with Crippen LogP contribution in [0.3, 0.4) is 0 Å². The van der Waals surface area contributed by atoms with Crippen LogP contribution in [-0.4, -0.2) is 110 Å². The van der Waals surface area contributed by atoms with Gasteiger partial charge in [-0.3, -0.25) is 29.4 Å². The van der Waals surface area contributed by atoms with Crippen molar-refractivity contribution in [2.24, 2.45) is 16.5 Å². The molecule has 0 bridgehead atoms. The van der Waals surface area contributed by atoms with Gasteiger partial charge in [-0.05, 0) is 36.6 Å². The van der Waals surface area contributed by atoms with Gasteiger partial charge in [0.25, 0.3) is 0 Å². The maximum atomic E-state index is 15.3. The lowest BCUT2D eigenvalue weighted by Crippen LogP contribution is -2.43. The van der Waals surface area contributed by atoms with Crippen LogP contribution in [-0.2, 0) is 25.6 Å². The second-order valence-corrected chi connectivity index (χ2v) is 11.5. The number of rotatable bonds is 13. The van der Waals surface area contributed by atoms with Crippen molar-refractivity contribution in [3.63, 3.8) is 0 Å². The molecule has 2 amide bonds. The van der Waals surface area contributed by atoms with Crippen LogP contribution in [0.2, 0.25) is 0 Å². The van der Waals surface area contributed by atoms with E-state index in [-0.39, 0.29) is 43.8 Å². The van der Waals surface area contributed by atoms with Crippen molar-refractivity contribution >= 4 is 34.6 Å². The highest BCUT2D eigenvalue weighted by atomic mass is 19.1. The zero-order valence-corrected chi connectivity index (χ0v) is 26.2. The Morgan fingerprint density at radius 2 is 1.85 bits per heavy atom. The fourth-order valence-corrected chi connectivity index (χ4v) is 5.60. The molecule has 5 N–H and O–H groups in total. The molecule has 1 aromatic heterocycles. The number of halogens is 2. The summed E-state index contributed by atoms with van der Waals surface area (Å²) in [7, 11) is 0. The molecule has 0 spiro atoms. The number of morpholine rings is 1. The molecule has 0 atom stereocenters. The summed E-state index contributed by atoms with van der Waals surface area (Å²) in [5.74, 6) is -1.89. The maximum Gasteiger partial charge on any atom is 0.243 e. The summed E-state index contributed by atoms with van der Waals surface area (Å²) in [6, 6.07) is 8.07. The Labute approximate surface area is 271 Å². The number of aliphatic imine (C=N–C) groups is 1. The molecule has 2 aromatic carbocycles. The van der Waals surface area contributed by atoms with Crippen molar-refractivity contribution in [2.45, 2.75) is 25.4 Å². The third-order valence-electron chi connectivity index (χ3n) is 8.15. The summed E-state index contributed by atoms with van der Waals surface area (Å²) >= 11 is 0. The van der Waals surface area contributed by atoms with Crippen LogP contribution in [0.4, 0.5) is 8.78 Å². The SMILES string of the molecule is NC=C(C=NC1CCN(CC(=O)NCCOCC(N)=O)CC1)c1cnc2cccc(-c3cc(F)c(CN4CCOCC4)c(F)c3)c2n1. The van der Waals surface area contributed by atoms with Crippen LogP contribution in [0, 0.1) is 11.6 Å². The van der Waals surface area contributed by atoms with E-state index in [4.69, 9.17) is 30.9 Å². The van der Waals surface area contributed by atoms with E-state index in [0.29, 0.717) is 79.4 Å². The number of benzene rings is 2. The standard InChI is InChI=1S/C33H40F2N8O4/c34-27-14-22(15-28(35)26(27)19-43-9-12-46-13-10-43)25-2-1-3-29-33(25)41-30(18-40-29)23(16-36)17-39-24-4-7-42(8-5-24)20-32(45)38-6-11-47-21-31(37)44/h1-3,14-18,24H,4-13,19-21,36H2,(H2,37,44)(H,38,45). The number of para-hydroxylation sites is 1. The average molecular weight is 651 g/mol. The number of hydrogen-bond acceptors (Lipinski definition) is 10. The maximum absolute atomic E-state index is 15.3. The van der Waals surface area contributed by atoms with Gasteiger partial charge >= 0.3 is 0 Å². The molecule has 47 heavy (non-hydrogen) atoms. The average Bonchev–Trinajstić information content (AvgIpc) is 3.07. The summed E-state index contributed by atoms with van der Waals surface area (Å²) in [4.78, 5) is 41.0. The molecule has 0 radical (unpaired) electrons. The van der Waals surface area contributed by atoms with Crippen LogP contribution in [0.5, 0.6) is 0 Å². The number of aromatic nitrogens is 2. The van der Waals surface area contributed by atoms with Crippen molar-refractivity contribution in [3.8, 4) is 11.1 Å². The minimum absolute atomic E-state index is 0.0325. The first kappa shape index (κ1) is 34.0. The molecule has 0 saturated carbocycles. The smallest absolute Gasteiger partial charge is 0.243 e. The van der Waals surface area contributed by atoms with E-state index in [2.05, 4.69) is 15.2 Å². The fourth-order valence-electron chi connectivity index (χ4n) is 5.60. The van der Waals surface area contributed by atoms with E-state index in [9.17, 15) is 9.59 Å². The highest BCUT2D eigenvalue weighted by Crippen LogP contribution is 2.30. The number of carbonyl (C=O) groups is 2. The number of nitrogens with two attached hydrogens (primary N) is 2. The molecule has 3 heterocycles. The van der Waals surface area contributed by atoms with E-state index < -0.39 is 17.5 Å². The van der Waals surface area contributed by atoms with Crippen molar-refractivity contribution < 1.29 is 27.8 Å². The van der Waals surface area contributed by atoms with Crippen molar-refractivity contribution in [1.29, 1.82) is 0 Å². The van der Waals surface area contributed by atoms with Gasteiger partial charge in [0.15, 0.2) is 0 Å². The predicted octanol–water partition coefficient (Wildman–Crippen LogP) is 1.86. The molecule has 12 nitrogen and oxygen atoms in total. The lowest BCUT2D eigenvalue weighted by atomic mass is 10.0. The van der Waals surface area contributed by atoms with Gasteiger partial charge in [-0.1, -0.05) is 12.1 Å². The van der Waals surface area contributed by atoms with E-state index >= 15 is 8.78 Å². The Bertz CT molecular complexity index is 1600. The summed E-state index contributed by atoms with van der Waals surface area (Å²) in [6.07, 6.45) is 6.21. The van der Waals surface area contributed by atoms with Crippen LogP contribution >= 0.6 is 0 Å². The van der Waals surface area contributed by atoms with Crippen LogP contribution in [0.25, 0.3) is 27.7 Å². The summed E-state index contributed by atoms with van der Waals surface area (Å²) in [5, 5.41) is 2.77. The Kier molecular flexibility index (Phi) is 11.9. The summed E-state index contributed by atoms with van der Waals surface area (Å²) < 4.78 is 40.9. The summed E-state index contributed by atoms with van der Waals surface area (Å²) in [6.45, 7) is 4.52. The van der Waals surface area contributed by atoms with E-state index in [1.165, 1.54) is 18.3 Å². The number of amides is 2. The lowest BCUT2D eigenvalue weighted by Gasteiger charge is -2.29. The Morgan fingerprint density at radius 1 is 1.11 bits per heavy atom. The van der Waals surface area contributed by atoms with Crippen molar-refractivity contribution in [3.05, 3.63) is 65.6 Å². The van der Waals surface area contributed by atoms with Gasteiger partial charge in [-0.25, -0.2) is 13.8 Å². The zero-order valence-electron chi connectivity index (χ0n) is 26.2. The van der Waals surface area contributed by atoms with E-state index in [1.807, 2.05) is 4.90 Å². The Hall–Kier alpha value is -4.37. The van der Waals surface area contributed by atoms with Crippen LogP contribution < -0.4 is 16.8 Å². The van der Waals surface area contributed by atoms with Gasteiger partial charge in [-0.2, -0.15) is 0 Å². The highest BCUT2D eigenvalue weighted by Gasteiger charge is 2.21. The largest absolute Gasteiger partial charge is 0.404 e. The fraction of sp³-hybridized carbons (Fsp3) is 0.424. The Balaban J connectivity index is 1.21. The predicted molar refractivity (Wildman–Crippen MR) is 174 cm³/mol. The third kappa shape index (κ3) is 9.35. The number of primary amides is 1. The van der Waals surface area contributed by atoms with Gasteiger partial charge in [-0.15, -0.1) is 0 Å². The van der Waals surface area contributed by atoms with Crippen LogP contribution in [0.15, 0.2) is 47.7 Å². The molecule has 2 aliphatic rings. The van der Waals surface area contributed by atoms with Crippen molar-refractivity contribution in [2.75, 3.05) is 65.7 Å². The first-order valence-electron chi connectivity index (χ1n) is 15.7. The van der Waals surface area contributed by atoms with Gasteiger partial charge in [0.1, 0.15) is 18.2 Å². The molecule has 2 aliphatic heterocycles. The van der Waals surface area contributed by atoms with Crippen LogP contribution in [0.1, 0.15) is 24.1 Å². The van der Waals surface area contributed by atoms with Gasteiger partial charge in [0.2, 0.25) is 11.8 Å². The number of ether oxygens (including phenoxy) is 2. The molecule has 5 rings (SSSR count). The number of nitrogens with zero attached hydrogens (tertiary/aromatic N) is 5. The molecule has 0 unspecified atom stereocenters. The van der Waals surface area contributed by atoms with Gasteiger partial charge < -0.3 is 26.3 Å². The third-order valence-corrected chi connectivity index (χ3v) is 8.15. The van der Waals surface area contributed by atoms with E-state index in [0.717, 1.165) is 12.8 Å². The number of likely N-dealkylation sites (tertiary alicyclic amines) is 1. The Morgan fingerprint density at radius 3 is 2.55 bits per heavy atom. The first-order valence-corrected chi connectivity index (χ1v) is 15.7. The molecule has 2 saturated heterocycles. The van der Waals surface area contributed by atoms with Gasteiger partial charge in [0.05, 0.1) is 55.3 Å². The number of hydrogen-bond donors (Lipinski definition) is 3. The summed E-state index contributed by atoms with van der Waals surface area (Å²) in [5.41, 5.74) is 14.1. The molecule has 14 heteroatoms. The number of allylic oxidation sites excluding steroid dienone is 1. The highest BCUT2D eigenvalue weighted by molar-refractivity contribution is 6.09. The second kappa shape index (κ2) is 16.5. The number of carbonyl (C=O) groups excluding carboxylic acids is 2. The number of nitrogens with one attached hydrogen (secondary N) is 1. The van der Waals surface area contributed by atoms with Gasteiger partial charge in [0, 0.05) is 68.4 Å². The molecule has 250 valence electrons. The molecule has 3 aromatic rings. The topological polar surface area (TPSA) is 161 Å². The second-order valence-electron chi connectivity index (χ2n) is 11.5. The van der Waals surface area contributed by atoms with E-state index in [1.54, 1.807) is 30.6 Å². The molecule has 2 fully saturated rings. The normalized spacial score (nSPS) is 17.0. The molecule has 0 aliphatic carbocycles. The monoisotopic (exact) mass is 650 g/mol. The zero-order chi connectivity index (χ0) is 33.2. The molecular weight excluding hydrogens is 610 g/mol. The quantitative estimate of drug-likeness (QED) is 0.185. The molecular formula is C33H40F2N8O4. The minimum Gasteiger partial charge on any atom is -0.404 e. The first-order chi connectivity index (χ1) is 22.8. The lowest BCUT2D eigenvalue weighted by molar-refractivity contribution is -0.123.